The van der Waals surface area contributed by atoms with E-state index in [0.29, 0.717) is 5.39 Å². The monoisotopic (exact) mass is 384 g/mol. The van der Waals surface area contributed by atoms with Crippen molar-refractivity contribution in [2.75, 3.05) is 0 Å². The van der Waals surface area contributed by atoms with Crippen LogP contribution in [0.5, 0.6) is 0 Å². The first-order valence-corrected chi connectivity index (χ1v) is 7.82. The van der Waals surface area contributed by atoms with Crippen LogP contribution in [0.1, 0.15) is 5.82 Å². The van der Waals surface area contributed by atoms with Gasteiger partial charge >= 0.3 is 6.18 Å². The predicted molar refractivity (Wildman–Crippen MR) is 82.8 cm³/mol. The fourth-order valence-electron chi connectivity index (χ4n) is 1.88. The minimum absolute atomic E-state index is 0.268. The minimum atomic E-state index is -4.58. The van der Waals surface area contributed by atoms with E-state index in [4.69, 9.17) is 0 Å². The highest BCUT2D eigenvalue weighted by atomic mass is 79.9. The van der Waals surface area contributed by atoms with E-state index in [1.54, 1.807) is 18.2 Å². The molecule has 0 N–H and O–H groups in total. The quantitative estimate of drug-likeness (QED) is 0.540. The van der Waals surface area contributed by atoms with Crippen molar-refractivity contribution >= 4 is 38.6 Å². The normalized spacial score (nSPS) is 11.8. The Kier molecular flexibility index (Phi) is 4.10. The van der Waals surface area contributed by atoms with E-state index in [9.17, 15) is 13.2 Å². The van der Waals surface area contributed by atoms with Gasteiger partial charge in [0.05, 0.1) is 5.52 Å². The second-order valence-corrected chi connectivity index (χ2v) is 6.40. The summed E-state index contributed by atoms with van der Waals surface area (Å²) in [6, 6.07) is 14.1. The number of aromatic nitrogens is 2. The number of fused-ring (bicyclic) bond motifs is 1. The van der Waals surface area contributed by atoms with Gasteiger partial charge in [-0.05, 0) is 30.3 Å². The topological polar surface area (TPSA) is 25.8 Å². The Morgan fingerprint density at radius 3 is 2.36 bits per heavy atom. The molecule has 0 radical (unpaired) electrons. The van der Waals surface area contributed by atoms with Crippen LogP contribution in [0.4, 0.5) is 13.2 Å². The zero-order valence-corrected chi connectivity index (χ0v) is 13.3. The van der Waals surface area contributed by atoms with Crippen LogP contribution in [0.15, 0.2) is 62.9 Å². The lowest BCUT2D eigenvalue weighted by molar-refractivity contribution is -0.145. The molecule has 0 bridgehead atoms. The number of alkyl halides is 3. The summed E-state index contributed by atoms with van der Waals surface area (Å²) in [4.78, 5) is 8.15. The number of rotatable bonds is 2. The Labute approximate surface area is 136 Å². The maximum atomic E-state index is 13.0. The van der Waals surface area contributed by atoms with Crippen molar-refractivity contribution in [3.8, 4) is 0 Å². The highest BCUT2D eigenvalue weighted by Crippen LogP contribution is 2.36. The number of hydrogen-bond acceptors (Lipinski definition) is 3. The summed E-state index contributed by atoms with van der Waals surface area (Å²) in [5, 5.41) is 0.862. The zero-order valence-electron chi connectivity index (χ0n) is 10.9. The second-order valence-electron chi connectivity index (χ2n) is 4.43. The Balaban J connectivity index is 2.18. The fourth-order valence-corrected chi connectivity index (χ4v) is 3.16. The smallest absolute Gasteiger partial charge is 0.224 e. The third kappa shape index (κ3) is 3.25. The van der Waals surface area contributed by atoms with Gasteiger partial charge < -0.3 is 0 Å². The largest absolute Gasteiger partial charge is 0.451 e. The van der Waals surface area contributed by atoms with Gasteiger partial charge in [0, 0.05) is 14.8 Å². The van der Waals surface area contributed by atoms with Gasteiger partial charge in [-0.2, -0.15) is 13.2 Å². The van der Waals surface area contributed by atoms with Gasteiger partial charge in [-0.15, -0.1) is 0 Å². The van der Waals surface area contributed by atoms with Crippen LogP contribution in [0.25, 0.3) is 10.9 Å². The molecular formula is C15H8BrF3N2S. The van der Waals surface area contributed by atoms with Crippen LogP contribution in [0.2, 0.25) is 0 Å². The Bertz CT molecular complexity index is 822. The molecule has 7 heteroatoms. The first kappa shape index (κ1) is 15.3. The molecular weight excluding hydrogens is 377 g/mol. The molecule has 0 spiro atoms. The first-order valence-electron chi connectivity index (χ1n) is 6.21. The highest BCUT2D eigenvalue weighted by molar-refractivity contribution is 9.10. The molecule has 0 aliphatic heterocycles. The summed E-state index contributed by atoms with van der Waals surface area (Å²) in [5.41, 5.74) is 0.268. The number of hydrogen-bond donors (Lipinski definition) is 0. The van der Waals surface area contributed by atoms with E-state index < -0.39 is 12.0 Å². The summed E-state index contributed by atoms with van der Waals surface area (Å²) in [6.45, 7) is 0. The van der Waals surface area contributed by atoms with E-state index >= 15 is 0 Å². The molecule has 2 nitrogen and oxygen atoms in total. The van der Waals surface area contributed by atoms with Crippen LogP contribution in [-0.2, 0) is 6.18 Å². The molecule has 3 aromatic rings. The molecule has 0 saturated carbocycles. The zero-order chi connectivity index (χ0) is 15.7. The molecule has 112 valence electrons. The first-order chi connectivity index (χ1) is 10.4. The van der Waals surface area contributed by atoms with Gasteiger partial charge in [0.1, 0.15) is 5.03 Å². The molecule has 0 saturated heterocycles. The van der Waals surface area contributed by atoms with Gasteiger partial charge in [-0.3, -0.25) is 0 Å². The SMILES string of the molecule is FC(F)(F)c1nc(Sc2ccccc2)c2cc(Br)ccc2n1. The summed E-state index contributed by atoms with van der Waals surface area (Å²) in [5.74, 6) is -1.12. The maximum Gasteiger partial charge on any atom is 0.451 e. The molecule has 0 amide bonds. The van der Waals surface area contributed by atoms with Gasteiger partial charge in [0.2, 0.25) is 5.82 Å². The molecule has 0 aliphatic rings. The van der Waals surface area contributed by atoms with Crippen LogP contribution in [0.3, 0.4) is 0 Å². The average Bonchev–Trinajstić information content (AvgIpc) is 2.47. The van der Waals surface area contributed by atoms with Crippen LogP contribution in [0, 0.1) is 0 Å². The van der Waals surface area contributed by atoms with Crippen molar-refractivity contribution in [2.24, 2.45) is 0 Å². The molecule has 0 unspecified atom stereocenters. The van der Waals surface area contributed by atoms with E-state index in [0.717, 1.165) is 9.37 Å². The van der Waals surface area contributed by atoms with E-state index in [1.165, 1.54) is 11.8 Å². The summed E-state index contributed by atoms with van der Waals surface area (Å²) < 4.78 is 39.7. The Morgan fingerprint density at radius 2 is 1.68 bits per heavy atom. The van der Waals surface area contributed by atoms with E-state index in [1.807, 2.05) is 30.3 Å². The molecule has 22 heavy (non-hydrogen) atoms. The van der Waals surface area contributed by atoms with Crippen molar-refractivity contribution in [2.45, 2.75) is 16.1 Å². The summed E-state index contributed by atoms with van der Waals surface area (Å²) >= 11 is 4.51. The van der Waals surface area contributed by atoms with Crippen molar-refractivity contribution < 1.29 is 13.2 Å². The predicted octanol–water partition coefficient (Wildman–Crippen LogP) is 5.56. The number of halogens is 4. The summed E-state index contributed by atoms with van der Waals surface area (Å²) in [6.07, 6.45) is -4.58. The highest BCUT2D eigenvalue weighted by Gasteiger charge is 2.35. The van der Waals surface area contributed by atoms with Crippen molar-refractivity contribution in [1.29, 1.82) is 0 Å². The molecule has 3 rings (SSSR count). The van der Waals surface area contributed by atoms with Gasteiger partial charge in [0.15, 0.2) is 0 Å². The molecule has 1 heterocycles. The minimum Gasteiger partial charge on any atom is -0.224 e. The van der Waals surface area contributed by atoms with Crippen LogP contribution in [-0.4, -0.2) is 9.97 Å². The standard InChI is InChI=1S/C15H8BrF3N2S/c16-9-6-7-12-11(8-9)13(21-14(20-12)15(17,18)19)22-10-4-2-1-3-5-10/h1-8H. The molecule has 1 aromatic heterocycles. The van der Waals surface area contributed by atoms with Gasteiger partial charge in [-0.1, -0.05) is 45.9 Å². The average molecular weight is 385 g/mol. The maximum absolute atomic E-state index is 13.0. The lowest BCUT2D eigenvalue weighted by atomic mass is 10.2. The van der Waals surface area contributed by atoms with Gasteiger partial charge in [-0.25, -0.2) is 9.97 Å². The van der Waals surface area contributed by atoms with Crippen LogP contribution < -0.4 is 0 Å². The Morgan fingerprint density at radius 1 is 0.955 bits per heavy atom. The Hall–Kier alpha value is -1.60. The lowest BCUT2D eigenvalue weighted by Crippen LogP contribution is -2.11. The van der Waals surface area contributed by atoms with Gasteiger partial charge in [0.25, 0.3) is 0 Å². The van der Waals surface area contributed by atoms with Crippen molar-refractivity contribution in [3.05, 3.63) is 58.8 Å². The molecule has 0 atom stereocenters. The van der Waals surface area contributed by atoms with Crippen LogP contribution >= 0.6 is 27.7 Å². The van der Waals surface area contributed by atoms with Crippen molar-refractivity contribution in [1.82, 2.24) is 9.97 Å². The van der Waals surface area contributed by atoms with E-state index in [-0.39, 0.29) is 10.5 Å². The lowest BCUT2D eigenvalue weighted by Gasteiger charge is -2.10. The summed E-state index contributed by atoms with van der Waals surface area (Å²) in [7, 11) is 0. The number of benzene rings is 2. The fraction of sp³-hybridized carbons (Fsp3) is 0.0667. The molecule has 0 aliphatic carbocycles. The second kappa shape index (κ2) is 5.89. The third-order valence-corrected chi connectivity index (χ3v) is 4.34. The number of nitrogens with zero attached hydrogens (tertiary/aromatic N) is 2. The van der Waals surface area contributed by atoms with E-state index in [2.05, 4.69) is 25.9 Å². The molecule has 0 fully saturated rings. The third-order valence-electron chi connectivity index (χ3n) is 2.83. The van der Waals surface area contributed by atoms with Crippen molar-refractivity contribution in [3.63, 3.8) is 0 Å². The molecule has 2 aromatic carbocycles.